The van der Waals surface area contributed by atoms with Gasteiger partial charge >= 0.3 is 0 Å². The van der Waals surface area contributed by atoms with Crippen LogP contribution in [0.2, 0.25) is 0 Å². The van der Waals surface area contributed by atoms with E-state index in [4.69, 9.17) is 9.84 Å². The predicted octanol–water partition coefficient (Wildman–Crippen LogP) is 1.34. The first-order valence-electron chi connectivity index (χ1n) is 5.86. The first-order chi connectivity index (χ1) is 8.60. The third kappa shape index (κ3) is 5.03. The Morgan fingerprint density at radius 2 is 2.22 bits per heavy atom. The van der Waals surface area contributed by atoms with Crippen LogP contribution in [0.1, 0.15) is 24.6 Å². The van der Waals surface area contributed by atoms with E-state index in [0.29, 0.717) is 31.1 Å². The van der Waals surface area contributed by atoms with Crippen molar-refractivity contribution >= 4 is 21.4 Å². The molecule has 0 atom stereocenters. The Kier molecular flexibility index (Phi) is 6.80. The van der Waals surface area contributed by atoms with Crippen LogP contribution in [0.5, 0.6) is 0 Å². The molecule has 2 N–H and O–H groups in total. The highest BCUT2D eigenvalue weighted by Gasteiger charge is 2.15. The van der Waals surface area contributed by atoms with Crippen LogP contribution in [0.15, 0.2) is 16.3 Å². The van der Waals surface area contributed by atoms with E-state index in [1.807, 2.05) is 6.92 Å². The second-order valence-electron chi connectivity index (χ2n) is 3.77. The average molecular weight is 293 g/mol. The zero-order valence-electron chi connectivity index (χ0n) is 10.4. The van der Waals surface area contributed by atoms with Crippen molar-refractivity contribution in [3.8, 4) is 0 Å². The van der Waals surface area contributed by atoms with Gasteiger partial charge in [-0.15, -0.1) is 11.3 Å². The highest BCUT2D eigenvalue weighted by molar-refractivity contribution is 7.89. The standard InChI is InChI=1S/C11H19NO4S2/c1-2-5-16-6-3-4-12-18(14,15)11-7-10(8-13)17-9-11/h7,9,12-13H,2-6,8H2,1H3. The lowest BCUT2D eigenvalue weighted by atomic mass is 10.4. The number of thiophene rings is 1. The van der Waals surface area contributed by atoms with E-state index >= 15 is 0 Å². The third-order valence-electron chi connectivity index (χ3n) is 2.20. The number of hydrogen-bond acceptors (Lipinski definition) is 5. The molecule has 0 radical (unpaired) electrons. The van der Waals surface area contributed by atoms with Crippen molar-refractivity contribution in [1.29, 1.82) is 0 Å². The Morgan fingerprint density at radius 3 is 2.83 bits per heavy atom. The fraction of sp³-hybridized carbons (Fsp3) is 0.636. The molecule has 0 aromatic carbocycles. The lowest BCUT2D eigenvalue weighted by Crippen LogP contribution is -2.25. The molecule has 0 amide bonds. The molecule has 7 heteroatoms. The van der Waals surface area contributed by atoms with E-state index in [1.165, 1.54) is 22.8 Å². The predicted molar refractivity (Wildman–Crippen MR) is 71.2 cm³/mol. The minimum atomic E-state index is -3.45. The monoisotopic (exact) mass is 293 g/mol. The van der Waals surface area contributed by atoms with Crippen molar-refractivity contribution in [3.63, 3.8) is 0 Å². The van der Waals surface area contributed by atoms with E-state index in [9.17, 15) is 8.42 Å². The van der Waals surface area contributed by atoms with Gasteiger partial charge in [0.05, 0.1) is 11.5 Å². The largest absolute Gasteiger partial charge is 0.391 e. The van der Waals surface area contributed by atoms with Crippen LogP contribution >= 0.6 is 11.3 Å². The minimum absolute atomic E-state index is 0.134. The van der Waals surface area contributed by atoms with E-state index < -0.39 is 10.0 Å². The maximum atomic E-state index is 11.8. The molecule has 1 aromatic heterocycles. The minimum Gasteiger partial charge on any atom is -0.391 e. The Balaban J connectivity index is 2.36. The summed E-state index contributed by atoms with van der Waals surface area (Å²) in [5.41, 5.74) is 0. The van der Waals surface area contributed by atoms with Gasteiger partial charge in [-0.05, 0) is 18.9 Å². The van der Waals surface area contributed by atoms with Crippen molar-refractivity contribution < 1.29 is 18.3 Å². The van der Waals surface area contributed by atoms with Crippen molar-refractivity contribution in [2.24, 2.45) is 0 Å². The van der Waals surface area contributed by atoms with Crippen molar-refractivity contribution in [1.82, 2.24) is 4.72 Å². The van der Waals surface area contributed by atoms with Gasteiger partial charge in [-0.3, -0.25) is 0 Å². The van der Waals surface area contributed by atoms with Gasteiger partial charge in [-0.2, -0.15) is 0 Å². The molecule has 104 valence electrons. The van der Waals surface area contributed by atoms with Crippen LogP contribution in [-0.4, -0.2) is 33.3 Å². The van der Waals surface area contributed by atoms with Gasteiger partial charge in [-0.1, -0.05) is 6.92 Å². The quantitative estimate of drug-likeness (QED) is 0.674. The summed E-state index contributed by atoms with van der Waals surface area (Å²) < 4.78 is 31.4. The number of rotatable bonds is 9. The maximum absolute atomic E-state index is 11.8. The molecule has 0 saturated heterocycles. The van der Waals surface area contributed by atoms with E-state index in [1.54, 1.807) is 0 Å². The zero-order valence-corrected chi connectivity index (χ0v) is 12.0. The zero-order chi connectivity index (χ0) is 13.4. The summed E-state index contributed by atoms with van der Waals surface area (Å²) >= 11 is 1.23. The van der Waals surface area contributed by atoms with Gasteiger partial charge in [-0.25, -0.2) is 13.1 Å². The van der Waals surface area contributed by atoms with Gasteiger partial charge in [0, 0.05) is 30.0 Å². The summed E-state index contributed by atoms with van der Waals surface area (Å²) in [6.07, 6.45) is 1.61. The Hall–Kier alpha value is -0.470. The van der Waals surface area contributed by atoms with Crippen molar-refractivity contribution in [3.05, 3.63) is 16.3 Å². The van der Waals surface area contributed by atoms with Gasteiger partial charge < -0.3 is 9.84 Å². The number of hydrogen-bond donors (Lipinski definition) is 2. The van der Waals surface area contributed by atoms with Gasteiger partial charge in [0.25, 0.3) is 0 Å². The molecule has 0 fully saturated rings. The molecule has 1 rings (SSSR count). The molecule has 18 heavy (non-hydrogen) atoms. The molecule has 0 aliphatic carbocycles. The summed E-state index contributed by atoms with van der Waals surface area (Å²) in [4.78, 5) is 0.854. The maximum Gasteiger partial charge on any atom is 0.241 e. The summed E-state index contributed by atoms with van der Waals surface area (Å²) in [5.74, 6) is 0. The molecule has 0 spiro atoms. The van der Waals surface area contributed by atoms with Crippen LogP contribution in [0, 0.1) is 0 Å². The molecule has 0 unspecified atom stereocenters. The number of aliphatic hydroxyl groups is 1. The molecule has 0 aliphatic rings. The normalized spacial score (nSPS) is 11.9. The van der Waals surface area contributed by atoms with Crippen LogP contribution < -0.4 is 4.72 Å². The van der Waals surface area contributed by atoms with Crippen LogP contribution in [0.4, 0.5) is 0 Å². The SMILES string of the molecule is CCCOCCCNS(=O)(=O)c1csc(CO)c1. The first-order valence-corrected chi connectivity index (χ1v) is 8.22. The van der Waals surface area contributed by atoms with E-state index in [-0.39, 0.29) is 11.5 Å². The fourth-order valence-corrected chi connectivity index (χ4v) is 3.50. The van der Waals surface area contributed by atoms with Crippen molar-refractivity contribution in [2.75, 3.05) is 19.8 Å². The van der Waals surface area contributed by atoms with Gasteiger partial charge in [0.2, 0.25) is 10.0 Å². The smallest absolute Gasteiger partial charge is 0.241 e. The summed E-state index contributed by atoms with van der Waals surface area (Å²) in [5, 5.41) is 10.4. The molecular weight excluding hydrogens is 274 g/mol. The highest BCUT2D eigenvalue weighted by Crippen LogP contribution is 2.18. The molecule has 1 heterocycles. The Labute approximate surface area is 112 Å². The van der Waals surface area contributed by atoms with Gasteiger partial charge in [0.1, 0.15) is 0 Å². The molecular formula is C11H19NO4S2. The summed E-state index contributed by atoms with van der Waals surface area (Å²) in [6.45, 7) is 3.51. The summed E-state index contributed by atoms with van der Waals surface area (Å²) in [7, 11) is -3.45. The number of sulfonamides is 1. The fourth-order valence-electron chi connectivity index (χ4n) is 1.29. The first kappa shape index (κ1) is 15.6. The topological polar surface area (TPSA) is 75.6 Å². The van der Waals surface area contributed by atoms with Gasteiger partial charge in [0.15, 0.2) is 0 Å². The van der Waals surface area contributed by atoms with Crippen molar-refractivity contribution in [2.45, 2.75) is 31.3 Å². The second kappa shape index (κ2) is 7.85. The molecule has 0 saturated carbocycles. The third-order valence-corrected chi connectivity index (χ3v) is 4.71. The summed E-state index contributed by atoms with van der Waals surface area (Å²) in [6, 6.07) is 1.49. The lowest BCUT2D eigenvalue weighted by Gasteiger charge is -2.05. The lowest BCUT2D eigenvalue weighted by molar-refractivity contribution is 0.133. The van der Waals surface area contributed by atoms with Crippen LogP contribution in [-0.2, 0) is 21.4 Å². The average Bonchev–Trinajstić information content (AvgIpc) is 2.83. The molecule has 5 nitrogen and oxygen atoms in total. The van der Waals surface area contributed by atoms with E-state index in [0.717, 1.165) is 6.42 Å². The Morgan fingerprint density at radius 1 is 1.44 bits per heavy atom. The van der Waals surface area contributed by atoms with E-state index in [2.05, 4.69) is 4.72 Å². The van der Waals surface area contributed by atoms with Crippen LogP contribution in [0.25, 0.3) is 0 Å². The Bertz CT molecular complexity index is 442. The van der Waals surface area contributed by atoms with Crippen LogP contribution in [0.3, 0.4) is 0 Å². The highest BCUT2D eigenvalue weighted by atomic mass is 32.2. The number of aliphatic hydroxyl groups excluding tert-OH is 1. The number of nitrogens with one attached hydrogen (secondary N) is 1. The molecule has 1 aromatic rings. The second-order valence-corrected chi connectivity index (χ2v) is 6.53. The molecule has 0 bridgehead atoms. The molecule has 0 aliphatic heterocycles. The number of ether oxygens (including phenoxy) is 1.